The molecule has 0 aliphatic carbocycles. The molecule has 1 saturated heterocycles. The van der Waals surface area contributed by atoms with Crippen molar-refractivity contribution in [2.75, 3.05) is 18.8 Å². The molecule has 160 valence electrons. The van der Waals surface area contributed by atoms with E-state index >= 15 is 0 Å². The van der Waals surface area contributed by atoms with Gasteiger partial charge in [0.1, 0.15) is 0 Å². The Morgan fingerprint density at radius 3 is 2.45 bits per heavy atom. The highest BCUT2D eigenvalue weighted by molar-refractivity contribution is 9.10. The molecule has 1 fully saturated rings. The third-order valence-electron chi connectivity index (χ3n) is 5.13. The molecule has 1 N–H and O–H groups in total. The van der Waals surface area contributed by atoms with Crippen molar-refractivity contribution in [2.45, 2.75) is 24.5 Å². The van der Waals surface area contributed by atoms with Gasteiger partial charge in [0.15, 0.2) is 5.16 Å². The number of amides is 2. The van der Waals surface area contributed by atoms with Gasteiger partial charge >= 0.3 is 0 Å². The van der Waals surface area contributed by atoms with Crippen molar-refractivity contribution in [1.29, 1.82) is 0 Å². The molecule has 0 bridgehead atoms. The molecule has 3 aromatic rings. The monoisotopic (exact) mass is 498 g/mol. The summed E-state index contributed by atoms with van der Waals surface area (Å²) in [5, 5.41) is 3.70. The van der Waals surface area contributed by atoms with Gasteiger partial charge in [0.05, 0.1) is 5.75 Å². The lowest BCUT2D eigenvalue weighted by atomic mass is 10.1. The zero-order chi connectivity index (χ0) is 21.6. The fourth-order valence-corrected chi connectivity index (χ4v) is 4.51. The molecule has 2 amide bonds. The summed E-state index contributed by atoms with van der Waals surface area (Å²) in [6.07, 6.45) is 5.77. The lowest BCUT2D eigenvalue weighted by Crippen LogP contribution is -2.27. The number of imidazole rings is 1. The molecule has 0 spiro atoms. The molecule has 1 aliphatic rings. The summed E-state index contributed by atoms with van der Waals surface area (Å²) in [5.74, 6) is 0.303. The number of aromatic nitrogens is 2. The lowest BCUT2D eigenvalue weighted by Gasteiger charge is -2.15. The predicted molar refractivity (Wildman–Crippen MR) is 125 cm³/mol. The Bertz CT molecular complexity index is 1040. The molecule has 6 nitrogen and oxygen atoms in total. The molecular weight excluding hydrogens is 476 g/mol. The first-order chi connectivity index (χ1) is 15.1. The average Bonchev–Trinajstić information content (AvgIpc) is 3.49. The normalized spacial score (nSPS) is 13.4. The number of carbonyl (C=O) groups excluding carboxylic acids is 2. The first-order valence-electron chi connectivity index (χ1n) is 10.2. The van der Waals surface area contributed by atoms with Crippen LogP contribution in [-0.4, -0.2) is 45.1 Å². The molecule has 8 heteroatoms. The minimum Gasteiger partial charge on any atom is -0.351 e. The van der Waals surface area contributed by atoms with Crippen molar-refractivity contribution >= 4 is 39.5 Å². The van der Waals surface area contributed by atoms with E-state index in [1.807, 2.05) is 64.2 Å². The summed E-state index contributed by atoms with van der Waals surface area (Å²) in [6.45, 7) is 2.11. The molecular formula is C23H23BrN4O2S. The summed E-state index contributed by atoms with van der Waals surface area (Å²) < 4.78 is 2.97. The number of nitrogens with zero attached hydrogens (tertiary/aromatic N) is 3. The smallest absolute Gasteiger partial charge is 0.253 e. The number of thioether (sulfide) groups is 1. The number of halogens is 1. The van der Waals surface area contributed by atoms with E-state index in [-0.39, 0.29) is 17.6 Å². The molecule has 1 aromatic heterocycles. The van der Waals surface area contributed by atoms with E-state index in [2.05, 4.69) is 26.2 Å². The minimum absolute atomic E-state index is 0.0624. The Morgan fingerprint density at radius 2 is 1.74 bits per heavy atom. The average molecular weight is 499 g/mol. The van der Waals surface area contributed by atoms with Gasteiger partial charge in [-0.05, 0) is 54.8 Å². The maximum Gasteiger partial charge on any atom is 0.253 e. The van der Waals surface area contributed by atoms with Crippen molar-refractivity contribution < 1.29 is 9.59 Å². The van der Waals surface area contributed by atoms with Crippen molar-refractivity contribution in [3.63, 3.8) is 0 Å². The molecule has 0 radical (unpaired) electrons. The third kappa shape index (κ3) is 5.57. The Hall–Kier alpha value is -2.58. The quantitative estimate of drug-likeness (QED) is 0.493. The van der Waals surface area contributed by atoms with Crippen molar-refractivity contribution in [1.82, 2.24) is 19.8 Å². The van der Waals surface area contributed by atoms with Crippen LogP contribution in [-0.2, 0) is 11.3 Å². The van der Waals surface area contributed by atoms with E-state index in [0.29, 0.717) is 12.1 Å². The summed E-state index contributed by atoms with van der Waals surface area (Å²) in [7, 11) is 0. The Labute approximate surface area is 194 Å². The fourth-order valence-electron chi connectivity index (χ4n) is 3.44. The lowest BCUT2D eigenvalue weighted by molar-refractivity contribution is -0.118. The summed E-state index contributed by atoms with van der Waals surface area (Å²) >= 11 is 4.83. The largest absolute Gasteiger partial charge is 0.351 e. The Balaban J connectivity index is 1.27. The van der Waals surface area contributed by atoms with Gasteiger partial charge in [-0.3, -0.25) is 14.2 Å². The van der Waals surface area contributed by atoms with Crippen LogP contribution < -0.4 is 5.32 Å². The van der Waals surface area contributed by atoms with Gasteiger partial charge in [-0.15, -0.1) is 0 Å². The molecule has 0 atom stereocenters. The number of nitrogens with one attached hydrogen (secondary N) is 1. The number of hydrogen-bond acceptors (Lipinski definition) is 4. The number of likely N-dealkylation sites (tertiary alicyclic amines) is 1. The second kappa shape index (κ2) is 10.2. The second-order valence-corrected chi connectivity index (χ2v) is 9.18. The van der Waals surface area contributed by atoms with Crippen LogP contribution in [0, 0.1) is 0 Å². The van der Waals surface area contributed by atoms with Crippen molar-refractivity contribution in [3.8, 4) is 5.69 Å². The maximum atomic E-state index is 12.4. The molecule has 0 unspecified atom stereocenters. The molecule has 31 heavy (non-hydrogen) atoms. The van der Waals surface area contributed by atoms with Crippen LogP contribution in [0.5, 0.6) is 0 Å². The van der Waals surface area contributed by atoms with Crippen LogP contribution in [0.2, 0.25) is 0 Å². The van der Waals surface area contributed by atoms with Crippen LogP contribution >= 0.6 is 27.7 Å². The van der Waals surface area contributed by atoms with E-state index in [0.717, 1.165) is 46.8 Å². The van der Waals surface area contributed by atoms with E-state index in [1.165, 1.54) is 11.8 Å². The van der Waals surface area contributed by atoms with E-state index in [4.69, 9.17) is 0 Å². The first kappa shape index (κ1) is 21.6. The van der Waals surface area contributed by atoms with Crippen LogP contribution in [0.1, 0.15) is 28.8 Å². The summed E-state index contributed by atoms with van der Waals surface area (Å²) in [6, 6.07) is 15.4. The van der Waals surface area contributed by atoms with Gasteiger partial charge in [-0.1, -0.05) is 39.8 Å². The number of carbonyl (C=O) groups is 2. The highest BCUT2D eigenvalue weighted by Gasteiger charge is 2.19. The maximum absolute atomic E-state index is 12.4. The Kier molecular flexibility index (Phi) is 7.09. The van der Waals surface area contributed by atoms with Crippen LogP contribution in [0.4, 0.5) is 0 Å². The minimum atomic E-state index is -0.0624. The standard InChI is InChI=1S/C23H23BrN4O2S/c24-19-7-9-20(10-8-19)28-14-11-25-23(28)31-16-21(29)26-15-17-3-5-18(6-4-17)22(30)27-12-1-2-13-27/h3-11,14H,1-2,12-13,15-16H2,(H,26,29). The van der Waals surface area contributed by atoms with Gasteiger partial charge in [0.25, 0.3) is 5.91 Å². The van der Waals surface area contributed by atoms with Crippen molar-refractivity contribution in [2.24, 2.45) is 0 Å². The van der Waals surface area contributed by atoms with E-state index < -0.39 is 0 Å². The number of benzene rings is 2. The van der Waals surface area contributed by atoms with Gasteiger partial charge in [-0.2, -0.15) is 0 Å². The van der Waals surface area contributed by atoms with Crippen LogP contribution in [0.15, 0.2) is 70.6 Å². The van der Waals surface area contributed by atoms with E-state index in [9.17, 15) is 9.59 Å². The zero-order valence-corrected chi connectivity index (χ0v) is 19.4. The Morgan fingerprint density at radius 1 is 1.03 bits per heavy atom. The zero-order valence-electron chi connectivity index (χ0n) is 17.0. The molecule has 2 heterocycles. The predicted octanol–water partition coefficient (Wildman–Crippen LogP) is 4.28. The van der Waals surface area contributed by atoms with Gasteiger partial charge in [-0.25, -0.2) is 4.98 Å². The third-order valence-corrected chi connectivity index (χ3v) is 6.62. The molecule has 4 rings (SSSR count). The highest BCUT2D eigenvalue weighted by Crippen LogP contribution is 2.22. The van der Waals surface area contributed by atoms with Gasteiger partial charge < -0.3 is 10.2 Å². The fraction of sp³-hybridized carbons (Fsp3) is 0.261. The van der Waals surface area contributed by atoms with Gasteiger partial charge in [0, 0.05) is 47.8 Å². The topological polar surface area (TPSA) is 67.2 Å². The number of hydrogen-bond donors (Lipinski definition) is 1. The van der Waals surface area contributed by atoms with Gasteiger partial charge in [0.2, 0.25) is 5.91 Å². The summed E-state index contributed by atoms with van der Waals surface area (Å²) in [5.41, 5.74) is 2.66. The number of rotatable bonds is 7. The highest BCUT2D eigenvalue weighted by atomic mass is 79.9. The van der Waals surface area contributed by atoms with E-state index in [1.54, 1.807) is 6.20 Å². The first-order valence-corrected chi connectivity index (χ1v) is 11.9. The molecule has 0 saturated carbocycles. The SMILES string of the molecule is O=C(CSc1nccn1-c1ccc(Br)cc1)NCc1ccc(C(=O)N2CCCC2)cc1. The summed E-state index contributed by atoms with van der Waals surface area (Å²) in [4.78, 5) is 31.0. The van der Waals surface area contributed by atoms with Crippen LogP contribution in [0.25, 0.3) is 5.69 Å². The second-order valence-electron chi connectivity index (χ2n) is 7.32. The molecule has 2 aromatic carbocycles. The van der Waals surface area contributed by atoms with Crippen LogP contribution in [0.3, 0.4) is 0 Å². The molecule has 1 aliphatic heterocycles. The van der Waals surface area contributed by atoms with Crippen molar-refractivity contribution in [3.05, 3.63) is 76.5 Å².